The van der Waals surface area contributed by atoms with E-state index in [9.17, 15) is 9.59 Å². The van der Waals surface area contributed by atoms with Gasteiger partial charge in [-0.05, 0) is 25.5 Å². The summed E-state index contributed by atoms with van der Waals surface area (Å²) in [5, 5.41) is -0.000253. The maximum atomic E-state index is 12.6. The zero-order valence-electron chi connectivity index (χ0n) is 15.4. The lowest BCUT2D eigenvalue weighted by Gasteiger charge is -2.50. The Morgan fingerprint density at radius 1 is 1.32 bits per heavy atom. The Kier molecular flexibility index (Phi) is 5.41. The summed E-state index contributed by atoms with van der Waals surface area (Å²) in [6.45, 7) is 8.09. The van der Waals surface area contributed by atoms with Gasteiger partial charge in [-0.25, -0.2) is 4.98 Å². The van der Waals surface area contributed by atoms with Crippen molar-refractivity contribution in [3.63, 3.8) is 0 Å². The second-order valence-electron chi connectivity index (χ2n) is 6.83. The smallest absolute Gasteiger partial charge is 0.235 e. The third kappa shape index (κ3) is 3.18. The van der Waals surface area contributed by atoms with E-state index in [-0.39, 0.29) is 22.6 Å². The molecule has 0 aromatic carbocycles. The van der Waals surface area contributed by atoms with Crippen LogP contribution in [0.1, 0.15) is 51.4 Å². The number of aromatic nitrogens is 2. The Labute approximate surface area is 153 Å². The minimum absolute atomic E-state index is 0.000253. The molecule has 0 radical (unpaired) electrons. The summed E-state index contributed by atoms with van der Waals surface area (Å²) in [4.78, 5) is 37.0. The van der Waals surface area contributed by atoms with Gasteiger partial charge in [0.1, 0.15) is 0 Å². The number of carbonyl (C=O) groups excluding carboxylic acids is 2. The van der Waals surface area contributed by atoms with Crippen molar-refractivity contribution in [2.75, 3.05) is 25.4 Å². The Balaban J connectivity index is 1.81. The van der Waals surface area contributed by atoms with Gasteiger partial charge in [-0.2, -0.15) is 0 Å². The first kappa shape index (κ1) is 18.3. The lowest BCUT2D eigenvalue weighted by molar-refractivity contribution is -0.144. The van der Waals surface area contributed by atoms with Crippen molar-refractivity contribution < 1.29 is 9.59 Å². The fraction of sp³-hybridized carbons (Fsp3) is 0.722. The molecule has 6 nitrogen and oxygen atoms in total. The lowest BCUT2D eigenvalue weighted by Crippen LogP contribution is -2.59. The topological polar surface area (TPSA) is 69.3 Å². The third-order valence-electron chi connectivity index (χ3n) is 5.53. The molecule has 2 amide bonds. The number of H-pyrrole nitrogens is 1. The van der Waals surface area contributed by atoms with E-state index >= 15 is 0 Å². The Morgan fingerprint density at radius 3 is 2.68 bits per heavy atom. The van der Waals surface area contributed by atoms with Gasteiger partial charge in [-0.15, -0.1) is 11.8 Å². The van der Waals surface area contributed by atoms with Gasteiger partial charge in [0.2, 0.25) is 11.8 Å². The Bertz CT molecular complexity index is 637. The van der Waals surface area contributed by atoms with Crippen LogP contribution in [-0.2, 0) is 21.5 Å². The van der Waals surface area contributed by atoms with Crippen LogP contribution in [0.15, 0.2) is 6.33 Å². The molecular formula is C18H28N4O2S. The molecule has 2 aliphatic rings. The molecule has 1 aromatic heterocycles. The number of fused-ring (bicyclic) bond motifs is 2. The molecule has 3 rings (SSSR count). The second-order valence-corrected chi connectivity index (χ2v) is 8.45. The summed E-state index contributed by atoms with van der Waals surface area (Å²) in [6.07, 6.45) is 4.62. The van der Waals surface area contributed by atoms with Crippen molar-refractivity contribution in [3.8, 4) is 0 Å². The van der Waals surface area contributed by atoms with Crippen LogP contribution in [0.4, 0.5) is 0 Å². The van der Waals surface area contributed by atoms with E-state index in [0.717, 1.165) is 42.9 Å². The van der Waals surface area contributed by atoms with Crippen molar-refractivity contribution >= 4 is 23.6 Å². The van der Waals surface area contributed by atoms with Gasteiger partial charge in [0.25, 0.3) is 0 Å². The number of likely N-dealkylation sites (tertiary alicyclic amines) is 1. The number of nitrogens with one attached hydrogen (secondary N) is 1. The number of carbonyl (C=O) groups is 2. The average Bonchev–Trinajstić information content (AvgIpc) is 3.12. The monoisotopic (exact) mass is 364 g/mol. The number of rotatable bonds is 4. The molecule has 25 heavy (non-hydrogen) atoms. The van der Waals surface area contributed by atoms with Crippen molar-refractivity contribution in [3.05, 3.63) is 17.7 Å². The molecule has 1 saturated heterocycles. The van der Waals surface area contributed by atoms with Gasteiger partial charge in [0, 0.05) is 38.2 Å². The number of hydrogen-bond donors (Lipinski definition) is 1. The quantitative estimate of drug-likeness (QED) is 0.889. The third-order valence-corrected chi connectivity index (χ3v) is 6.57. The van der Waals surface area contributed by atoms with Crippen LogP contribution in [-0.4, -0.2) is 62.2 Å². The maximum absolute atomic E-state index is 12.6. The minimum Gasteiger partial charge on any atom is -0.348 e. The fourth-order valence-corrected chi connectivity index (χ4v) is 5.01. The summed E-state index contributed by atoms with van der Waals surface area (Å²) in [5.41, 5.74) is 1.82. The summed E-state index contributed by atoms with van der Waals surface area (Å²) in [7, 11) is 0. The molecule has 3 heterocycles. The first-order valence-electron chi connectivity index (χ1n) is 9.27. The van der Waals surface area contributed by atoms with Gasteiger partial charge >= 0.3 is 0 Å². The molecule has 1 spiro atoms. The van der Waals surface area contributed by atoms with E-state index in [1.54, 1.807) is 18.1 Å². The van der Waals surface area contributed by atoms with Gasteiger partial charge in [0.05, 0.1) is 22.8 Å². The first-order valence-corrected chi connectivity index (χ1v) is 10.3. The Morgan fingerprint density at radius 2 is 2.04 bits per heavy atom. The lowest BCUT2D eigenvalue weighted by atomic mass is 9.78. The summed E-state index contributed by atoms with van der Waals surface area (Å²) >= 11 is 1.69. The predicted molar refractivity (Wildman–Crippen MR) is 99.4 cm³/mol. The summed E-state index contributed by atoms with van der Waals surface area (Å²) in [6, 6.07) is 0. The Hall–Kier alpha value is -1.50. The highest BCUT2D eigenvalue weighted by molar-refractivity contribution is 8.00. The number of nitrogens with zero attached hydrogens (tertiary/aromatic N) is 3. The molecule has 0 aliphatic carbocycles. The van der Waals surface area contributed by atoms with Gasteiger partial charge in [-0.3, -0.25) is 9.59 Å². The number of hydrogen-bond acceptors (Lipinski definition) is 4. The first-order chi connectivity index (χ1) is 12.0. The molecule has 1 aromatic rings. The van der Waals surface area contributed by atoms with E-state index in [0.29, 0.717) is 19.5 Å². The van der Waals surface area contributed by atoms with Crippen LogP contribution in [0, 0.1) is 0 Å². The molecule has 0 bridgehead atoms. The van der Waals surface area contributed by atoms with Gasteiger partial charge in [0.15, 0.2) is 0 Å². The van der Waals surface area contributed by atoms with Gasteiger partial charge in [-0.1, -0.05) is 13.8 Å². The zero-order valence-corrected chi connectivity index (χ0v) is 16.2. The number of aromatic amines is 1. The minimum atomic E-state index is -0.349. The highest BCUT2D eigenvalue weighted by Crippen LogP contribution is 2.42. The highest BCUT2D eigenvalue weighted by atomic mass is 32.2. The SMILES string of the molecule is CCS[C@H](C)C(=O)N1CCC2(CC1)c1nc[nH]c1CCN2C(=O)CC. The van der Waals surface area contributed by atoms with E-state index in [4.69, 9.17) is 0 Å². The number of imidazole rings is 1. The normalized spacial score (nSPS) is 20.4. The summed E-state index contributed by atoms with van der Waals surface area (Å²) < 4.78 is 0. The van der Waals surface area contributed by atoms with E-state index in [1.807, 2.05) is 23.6 Å². The predicted octanol–water partition coefficient (Wildman–Crippen LogP) is 2.16. The molecule has 0 saturated carbocycles. The fourth-order valence-electron chi connectivity index (χ4n) is 4.21. The number of piperidine rings is 1. The molecular weight excluding hydrogens is 336 g/mol. The largest absolute Gasteiger partial charge is 0.348 e. The van der Waals surface area contributed by atoms with Gasteiger partial charge < -0.3 is 14.8 Å². The van der Waals surface area contributed by atoms with Crippen molar-refractivity contribution in [1.82, 2.24) is 19.8 Å². The molecule has 0 unspecified atom stereocenters. The van der Waals surface area contributed by atoms with Crippen LogP contribution in [0.3, 0.4) is 0 Å². The van der Waals surface area contributed by atoms with Crippen LogP contribution >= 0.6 is 11.8 Å². The van der Waals surface area contributed by atoms with Crippen LogP contribution in [0.25, 0.3) is 0 Å². The van der Waals surface area contributed by atoms with Crippen molar-refractivity contribution in [1.29, 1.82) is 0 Å². The maximum Gasteiger partial charge on any atom is 0.235 e. The van der Waals surface area contributed by atoms with Crippen LogP contribution in [0.2, 0.25) is 0 Å². The molecule has 2 aliphatic heterocycles. The molecule has 7 heteroatoms. The highest BCUT2D eigenvalue weighted by Gasteiger charge is 2.48. The van der Waals surface area contributed by atoms with Crippen LogP contribution < -0.4 is 0 Å². The van der Waals surface area contributed by atoms with Crippen LogP contribution in [0.5, 0.6) is 0 Å². The molecule has 1 N–H and O–H groups in total. The average molecular weight is 365 g/mol. The molecule has 1 atom stereocenters. The molecule has 138 valence electrons. The standard InChI is InChI=1S/C18H28N4O2S/c1-4-15(23)22-9-6-14-16(20-12-19-14)18(22)7-10-21(11-8-18)17(24)13(3)25-5-2/h12-13H,4-11H2,1-3H3,(H,19,20)/t13-/m1/s1. The zero-order chi connectivity index (χ0) is 18.0. The number of amides is 2. The van der Waals surface area contributed by atoms with Crippen molar-refractivity contribution in [2.24, 2.45) is 0 Å². The van der Waals surface area contributed by atoms with Crippen molar-refractivity contribution in [2.45, 2.75) is 57.2 Å². The molecule has 1 fully saturated rings. The second kappa shape index (κ2) is 7.40. The number of thioether (sulfide) groups is 1. The van der Waals surface area contributed by atoms with E-state index in [1.165, 1.54) is 0 Å². The van der Waals surface area contributed by atoms with E-state index < -0.39 is 0 Å². The van der Waals surface area contributed by atoms with E-state index in [2.05, 4.69) is 16.9 Å². The summed E-state index contributed by atoms with van der Waals surface area (Å²) in [5.74, 6) is 1.34.